The van der Waals surface area contributed by atoms with Crippen molar-refractivity contribution in [3.63, 3.8) is 0 Å². The SMILES string of the molecule is CC.COc1cc(OCCCCCNC2CCOCC2)c2cc(-c3cn4nc(OC)sc4n3)oc2c1. The number of hydrogen-bond donors (Lipinski definition) is 1. The number of furan rings is 1. The molecule has 0 aliphatic carbocycles. The number of aromatic nitrogens is 3. The molecular formula is C26H36N4O5S. The van der Waals surface area contributed by atoms with Crippen LogP contribution in [0.3, 0.4) is 0 Å². The van der Waals surface area contributed by atoms with Crippen molar-refractivity contribution >= 4 is 27.3 Å². The number of hydrogen-bond acceptors (Lipinski definition) is 9. The number of unbranched alkanes of at least 4 members (excludes halogenated alkanes) is 2. The summed E-state index contributed by atoms with van der Waals surface area (Å²) < 4.78 is 30.0. The third-order valence-corrected chi connectivity index (χ3v) is 6.88. The summed E-state index contributed by atoms with van der Waals surface area (Å²) in [7, 11) is 3.24. The Morgan fingerprint density at radius 1 is 1.08 bits per heavy atom. The number of nitrogens with zero attached hydrogens (tertiary/aromatic N) is 3. The highest BCUT2D eigenvalue weighted by atomic mass is 32.1. The van der Waals surface area contributed by atoms with Crippen molar-refractivity contribution in [1.82, 2.24) is 19.9 Å². The van der Waals surface area contributed by atoms with Crippen molar-refractivity contribution in [1.29, 1.82) is 0 Å². The van der Waals surface area contributed by atoms with Gasteiger partial charge >= 0.3 is 0 Å². The van der Waals surface area contributed by atoms with E-state index in [2.05, 4.69) is 15.4 Å². The van der Waals surface area contributed by atoms with Crippen LogP contribution in [0.1, 0.15) is 46.0 Å². The molecule has 1 saturated heterocycles. The summed E-state index contributed by atoms with van der Waals surface area (Å²) in [5.41, 5.74) is 1.41. The van der Waals surface area contributed by atoms with Gasteiger partial charge in [0.15, 0.2) is 5.76 Å². The van der Waals surface area contributed by atoms with Crippen LogP contribution in [-0.4, -0.2) is 61.2 Å². The topological polar surface area (TPSA) is 92.3 Å². The van der Waals surface area contributed by atoms with Gasteiger partial charge in [-0.2, -0.15) is 0 Å². The molecule has 1 fully saturated rings. The number of benzene rings is 1. The van der Waals surface area contributed by atoms with E-state index in [4.69, 9.17) is 23.4 Å². The van der Waals surface area contributed by atoms with Crippen LogP contribution in [0.5, 0.6) is 16.7 Å². The second-order valence-electron chi connectivity index (χ2n) is 8.32. The molecule has 0 bridgehead atoms. The maximum atomic E-state index is 6.15. The van der Waals surface area contributed by atoms with Gasteiger partial charge < -0.3 is 28.7 Å². The monoisotopic (exact) mass is 516 g/mol. The first-order valence-electron chi connectivity index (χ1n) is 12.7. The van der Waals surface area contributed by atoms with Gasteiger partial charge in [-0.25, -0.2) is 9.50 Å². The van der Waals surface area contributed by atoms with Gasteiger partial charge in [0.2, 0.25) is 4.96 Å². The molecule has 196 valence electrons. The summed E-state index contributed by atoms with van der Waals surface area (Å²) in [6, 6.07) is 6.35. The van der Waals surface area contributed by atoms with Gasteiger partial charge in [0.05, 0.1) is 32.4 Å². The lowest BCUT2D eigenvalue weighted by atomic mass is 10.1. The molecule has 0 unspecified atom stereocenters. The summed E-state index contributed by atoms with van der Waals surface area (Å²) in [6.07, 6.45) is 7.30. The largest absolute Gasteiger partial charge is 0.496 e. The van der Waals surface area contributed by atoms with Crippen LogP contribution in [0, 0.1) is 0 Å². The molecule has 4 heterocycles. The van der Waals surface area contributed by atoms with Crippen molar-refractivity contribution in [2.75, 3.05) is 40.6 Å². The number of imidazole rings is 1. The first-order valence-corrected chi connectivity index (χ1v) is 13.5. The molecule has 0 amide bonds. The first-order chi connectivity index (χ1) is 17.7. The second-order valence-corrected chi connectivity index (χ2v) is 9.24. The molecule has 0 spiro atoms. The van der Waals surface area contributed by atoms with Gasteiger partial charge in [-0.05, 0) is 56.1 Å². The van der Waals surface area contributed by atoms with Crippen molar-refractivity contribution in [3.05, 3.63) is 24.4 Å². The van der Waals surface area contributed by atoms with Crippen LogP contribution < -0.4 is 19.5 Å². The van der Waals surface area contributed by atoms with Gasteiger partial charge in [-0.15, -0.1) is 5.10 Å². The van der Waals surface area contributed by atoms with Gasteiger partial charge in [-0.1, -0.05) is 13.8 Å². The molecule has 0 saturated carbocycles. The van der Waals surface area contributed by atoms with E-state index in [1.54, 1.807) is 18.7 Å². The Kier molecular flexibility index (Phi) is 9.43. The number of rotatable bonds is 11. The maximum absolute atomic E-state index is 6.15. The van der Waals surface area contributed by atoms with E-state index in [1.165, 1.54) is 11.3 Å². The molecule has 0 atom stereocenters. The molecular weight excluding hydrogens is 480 g/mol. The molecule has 9 nitrogen and oxygen atoms in total. The summed E-state index contributed by atoms with van der Waals surface area (Å²) in [4.78, 5) is 5.36. The van der Waals surface area contributed by atoms with Crippen LogP contribution in [-0.2, 0) is 4.74 Å². The van der Waals surface area contributed by atoms with Crippen LogP contribution in [0.25, 0.3) is 27.4 Å². The third-order valence-electron chi connectivity index (χ3n) is 5.99. The minimum Gasteiger partial charge on any atom is -0.496 e. The van der Waals surface area contributed by atoms with Crippen molar-refractivity contribution in [2.24, 2.45) is 0 Å². The maximum Gasteiger partial charge on any atom is 0.294 e. The Bertz CT molecular complexity index is 1200. The van der Waals surface area contributed by atoms with Gasteiger partial charge in [0, 0.05) is 31.4 Å². The Morgan fingerprint density at radius 2 is 1.92 bits per heavy atom. The lowest BCUT2D eigenvalue weighted by molar-refractivity contribution is 0.0780. The van der Waals surface area contributed by atoms with Gasteiger partial charge in [0.1, 0.15) is 22.8 Å². The minimum atomic E-state index is 0.568. The lowest BCUT2D eigenvalue weighted by Gasteiger charge is -2.23. The van der Waals surface area contributed by atoms with E-state index in [-0.39, 0.29) is 0 Å². The Morgan fingerprint density at radius 3 is 2.67 bits per heavy atom. The molecule has 10 heteroatoms. The molecule has 1 aromatic carbocycles. The van der Waals surface area contributed by atoms with Crippen molar-refractivity contribution in [3.8, 4) is 28.1 Å². The first kappa shape index (κ1) is 26.2. The molecule has 4 aromatic rings. The highest BCUT2D eigenvalue weighted by Gasteiger charge is 2.17. The quantitative estimate of drug-likeness (QED) is 0.259. The van der Waals surface area contributed by atoms with Crippen LogP contribution in [0.15, 0.2) is 28.8 Å². The summed E-state index contributed by atoms with van der Waals surface area (Å²) in [6.45, 7) is 7.44. The lowest BCUT2D eigenvalue weighted by Crippen LogP contribution is -2.35. The van der Waals surface area contributed by atoms with E-state index in [0.717, 1.165) is 68.0 Å². The fourth-order valence-electron chi connectivity index (χ4n) is 4.12. The van der Waals surface area contributed by atoms with Crippen LogP contribution in [0.2, 0.25) is 0 Å². The third kappa shape index (κ3) is 6.29. The van der Waals surface area contributed by atoms with E-state index >= 15 is 0 Å². The Hall–Kier alpha value is -2.82. The number of ether oxygens (including phenoxy) is 4. The summed E-state index contributed by atoms with van der Waals surface area (Å²) in [5.74, 6) is 2.11. The number of methoxy groups -OCH3 is 2. The highest BCUT2D eigenvalue weighted by Crippen LogP contribution is 2.37. The zero-order valence-electron chi connectivity index (χ0n) is 21.5. The Labute approximate surface area is 215 Å². The highest BCUT2D eigenvalue weighted by molar-refractivity contribution is 7.18. The van der Waals surface area contributed by atoms with E-state index < -0.39 is 0 Å². The summed E-state index contributed by atoms with van der Waals surface area (Å²) >= 11 is 1.38. The predicted octanol–water partition coefficient (Wildman–Crippen LogP) is 5.57. The van der Waals surface area contributed by atoms with Crippen LogP contribution >= 0.6 is 11.3 Å². The van der Waals surface area contributed by atoms with Gasteiger partial charge in [0.25, 0.3) is 5.19 Å². The normalized spacial score (nSPS) is 14.1. The van der Waals surface area contributed by atoms with Gasteiger partial charge in [-0.3, -0.25) is 0 Å². The molecule has 1 N–H and O–H groups in total. The fraction of sp³-hybridized carbons (Fsp3) is 0.538. The van der Waals surface area contributed by atoms with E-state index in [0.29, 0.717) is 40.6 Å². The average molecular weight is 517 g/mol. The zero-order valence-corrected chi connectivity index (χ0v) is 22.4. The molecule has 3 aromatic heterocycles. The van der Waals surface area contributed by atoms with E-state index in [1.807, 2.05) is 38.2 Å². The number of fused-ring (bicyclic) bond motifs is 2. The van der Waals surface area contributed by atoms with Crippen LogP contribution in [0.4, 0.5) is 0 Å². The standard InChI is InChI=1S/C24H30N4O5S.C2H6/c1-29-17-12-20(32-9-5-3-4-8-25-16-6-10-31-11-7-16)18-14-22(33-21(18)13-17)19-15-28-23(26-19)34-24(27-28)30-2;1-2/h12-16,25H,3-11H2,1-2H3;1-2H3. The smallest absolute Gasteiger partial charge is 0.294 e. The van der Waals surface area contributed by atoms with Crippen molar-refractivity contribution < 1.29 is 23.4 Å². The van der Waals surface area contributed by atoms with E-state index in [9.17, 15) is 0 Å². The zero-order chi connectivity index (χ0) is 25.3. The second kappa shape index (κ2) is 12.9. The molecule has 5 rings (SSSR count). The average Bonchev–Trinajstić information content (AvgIpc) is 3.62. The molecule has 1 aliphatic rings. The molecule has 1 aliphatic heterocycles. The van der Waals surface area contributed by atoms with Crippen molar-refractivity contribution in [2.45, 2.75) is 52.0 Å². The molecule has 0 radical (unpaired) electrons. The summed E-state index contributed by atoms with van der Waals surface area (Å²) in [5, 5.41) is 9.43. The molecule has 36 heavy (non-hydrogen) atoms. The fourth-order valence-corrected chi connectivity index (χ4v) is 4.82. The Balaban J connectivity index is 0.00000148. The minimum absolute atomic E-state index is 0.568. The predicted molar refractivity (Wildman–Crippen MR) is 142 cm³/mol. The number of nitrogens with one attached hydrogen (secondary N) is 1.